The molecule has 1 aromatic heterocycles. The van der Waals surface area contributed by atoms with E-state index in [1.807, 2.05) is 13.0 Å². The average molecular weight is 342 g/mol. The molecule has 98 valence electrons. The standard InChI is InChI=1S/C13H9BrFNO2S/c1-7-4-9(14)12(16-6-7)19-11-5-8(13(17)18)2-3-10(11)15/h2-6H,1H3,(H,17,18). The van der Waals surface area contributed by atoms with Gasteiger partial charge in [0.1, 0.15) is 10.8 Å². The van der Waals surface area contributed by atoms with Gasteiger partial charge in [-0.2, -0.15) is 0 Å². The van der Waals surface area contributed by atoms with Gasteiger partial charge in [0.25, 0.3) is 0 Å². The number of carboxylic acids is 1. The van der Waals surface area contributed by atoms with Crippen molar-refractivity contribution in [2.24, 2.45) is 0 Å². The van der Waals surface area contributed by atoms with Crippen molar-refractivity contribution < 1.29 is 14.3 Å². The molecular formula is C13H9BrFNO2S. The minimum atomic E-state index is -1.09. The number of halogens is 2. The molecule has 19 heavy (non-hydrogen) atoms. The average Bonchev–Trinajstić information content (AvgIpc) is 2.34. The lowest BCUT2D eigenvalue weighted by Crippen LogP contribution is -1.97. The third kappa shape index (κ3) is 3.33. The molecule has 0 saturated heterocycles. The van der Waals surface area contributed by atoms with Crippen LogP contribution in [0.4, 0.5) is 4.39 Å². The van der Waals surface area contributed by atoms with Crippen LogP contribution in [-0.4, -0.2) is 16.1 Å². The Bertz CT molecular complexity index is 649. The maximum absolute atomic E-state index is 13.7. The SMILES string of the molecule is Cc1cnc(Sc2cc(C(=O)O)ccc2F)c(Br)c1. The molecule has 3 nitrogen and oxygen atoms in total. The highest BCUT2D eigenvalue weighted by atomic mass is 79.9. The van der Waals surface area contributed by atoms with E-state index in [2.05, 4.69) is 20.9 Å². The lowest BCUT2D eigenvalue weighted by Gasteiger charge is -2.06. The van der Waals surface area contributed by atoms with Gasteiger partial charge < -0.3 is 5.11 Å². The first-order valence-electron chi connectivity index (χ1n) is 5.30. The summed E-state index contributed by atoms with van der Waals surface area (Å²) in [6.07, 6.45) is 1.67. The Morgan fingerprint density at radius 1 is 1.42 bits per heavy atom. The van der Waals surface area contributed by atoms with E-state index in [1.165, 1.54) is 12.1 Å². The number of aryl methyl sites for hydroxylation is 1. The monoisotopic (exact) mass is 341 g/mol. The second-order valence-corrected chi connectivity index (χ2v) is 5.74. The maximum atomic E-state index is 13.7. The zero-order chi connectivity index (χ0) is 14.0. The number of carboxylic acid groups (broad SMARTS) is 1. The van der Waals surface area contributed by atoms with Gasteiger partial charge in [-0.05, 0) is 52.7 Å². The minimum Gasteiger partial charge on any atom is -0.478 e. The van der Waals surface area contributed by atoms with Gasteiger partial charge in [0.05, 0.1) is 14.9 Å². The molecule has 0 aliphatic rings. The van der Waals surface area contributed by atoms with Crippen LogP contribution in [0.5, 0.6) is 0 Å². The number of aromatic nitrogens is 1. The molecule has 2 rings (SSSR count). The summed E-state index contributed by atoms with van der Waals surface area (Å²) in [5, 5.41) is 9.49. The number of rotatable bonds is 3. The van der Waals surface area contributed by atoms with Crippen molar-refractivity contribution in [1.29, 1.82) is 0 Å². The number of pyridine rings is 1. The number of hydrogen-bond acceptors (Lipinski definition) is 3. The molecule has 0 saturated carbocycles. The number of carbonyl (C=O) groups is 1. The van der Waals surface area contributed by atoms with Crippen LogP contribution >= 0.6 is 27.7 Å². The highest BCUT2D eigenvalue weighted by Gasteiger charge is 2.12. The molecule has 1 heterocycles. The summed E-state index contributed by atoms with van der Waals surface area (Å²) in [7, 11) is 0. The van der Waals surface area contributed by atoms with Gasteiger partial charge in [-0.15, -0.1) is 0 Å². The normalized spacial score (nSPS) is 10.5. The smallest absolute Gasteiger partial charge is 0.335 e. The van der Waals surface area contributed by atoms with Crippen molar-refractivity contribution >= 4 is 33.7 Å². The Balaban J connectivity index is 2.37. The minimum absolute atomic E-state index is 0.0483. The Labute approximate surface area is 122 Å². The molecule has 0 fully saturated rings. The summed E-state index contributed by atoms with van der Waals surface area (Å²) in [6, 6.07) is 5.55. The Morgan fingerprint density at radius 2 is 2.16 bits per heavy atom. The van der Waals surface area contributed by atoms with Gasteiger partial charge >= 0.3 is 5.97 Å². The van der Waals surface area contributed by atoms with Crippen molar-refractivity contribution in [3.8, 4) is 0 Å². The quantitative estimate of drug-likeness (QED) is 0.911. The van der Waals surface area contributed by atoms with Crippen molar-refractivity contribution in [3.63, 3.8) is 0 Å². The highest BCUT2D eigenvalue weighted by molar-refractivity contribution is 9.10. The van der Waals surface area contributed by atoms with Gasteiger partial charge in [-0.25, -0.2) is 14.2 Å². The van der Waals surface area contributed by atoms with E-state index in [-0.39, 0.29) is 10.5 Å². The van der Waals surface area contributed by atoms with Crippen molar-refractivity contribution in [2.75, 3.05) is 0 Å². The Kier molecular flexibility index (Phi) is 4.21. The summed E-state index contributed by atoms with van der Waals surface area (Å²) in [4.78, 5) is 15.3. The van der Waals surface area contributed by atoms with Crippen molar-refractivity contribution in [2.45, 2.75) is 16.8 Å². The van der Waals surface area contributed by atoms with Crippen LogP contribution in [0.15, 0.2) is 44.9 Å². The second kappa shape index (κ2) is 5.71. The lowest BCUT2D eigenvalue weighted by molar-refractivity contribution is 0.0696. The molecule has 0 radical (unpaired) electrons. The van der Waals surface area contributed by atoms with Crippen LogP contribution in [0.1, 0.15) is 15.9 Å². The van der Waals surface area contributed by atoms with Crippen LogP contribution in [0.25, 0.3) is 0 Å². The molecule has 0 bridgehead atoms. The molecule has 0 aliphatic heterocycles. The largest absolute Gasteiger partial charge is 0.478 e. The summed E-state index contributed by atoms with van der Waals surface area (Å²) >= 11 is 4.44. The molecule has 0 aliphatic carbocycles. The topological polar surface area (TPSA) is 50.2 Å². The zero-order valence-corrected chi connectivity index (χ0v) is 12.3. The fourth-order valence-electron chi connectivity index (χ4n) is 1.41. The molecule has 0 unspecified atom stereocenters. The van der Waals surface area contributed by atoms with Gasteiger partial charge in [0.2, 0.25) is 0 Å². The predicted molar refractivity (Wildman–Crippen MR) is 74.2 cm³/mol. The van der Waals surface area contributed by atoms with E-state index in [0.29, 0.717) is 5.03 Å². The van der Waals surface area contributed by atoms with Crippen molar-refractivity contribution in [1.82, 2.24) is 4.98 Å². The summed E-state index contributed by atoms with van der Waals surface area (Å²) in [5.41, 5.74) is 1.03. The summed E-state index contributed by atoms with van der Waals surface area (Å²) < 4.78 is 14.4. The van der Waals surface area contributed by atoms with Crippen LogP contribution < -0.4 is 0 Å². The maximum Gasteiger partial charge on any atom is 0.335 e. The molecule has 1 aromatic carbocycles. The molecule has 0 atom stereocenters. The fourth-order valence-corrected chi connectivity index (χ4v) is 2.94. The molecule has 0 spiro atoms. The van der Waals surface area contributed by atoms with E-state index in [4.69, 9.17) is 5.11 Å². The first-order chi connectivity index (χ1) is 8.97. The number of aromatic carboxylic acids is 1. The molecular weight excluding hydrogens is 333 g/mol. The van der Waals surface area contributed by atoms with Gasteiger partial charge in [-0.1, -0.05) is 11.8 Å². The number of hydrogen-bond donors (Lipinski definition) is 1. The van der Waals surface area contributed by atoms with Crippen LogP contribution in [0.2, 0.25) is 0 Å². The number of nitrogens with zero attached hydrogens (tertiary/aromatic N) is 1. The second-order valence-electron chi connectivity index (χ2n) is 3.85. The third-order valence-electron chi connectivity index (χ3n) is 2.33. The Hall–Kier alpha value is -1.40. The lowest BCUT2D eigenvalue weighted by atomic mass is 10.2. The first kappa shape index (κ1) is 14.0. The van der Waals surface area contributed by atoms with E-state index < -0.39 is 11.8 Å². The highest BCUT2D eigenvalue weighted by Crippen LogP contribution is 2.34. The van der Waals surface area contributed by atoms with Crippen LogP contribution in [0.3, 0.4) is 0 Å². The molecule has 6 heteroatoms. The molecule has 0 amide bonds. The zero-order valence-electron chi connectivity index (χ0n) is 9.85. The van der Waals surface area contributed by atoms with Crippen LogP contribution in [0, 0.1) is 12.7 Å². The predicted octanol–water partition coefficient (Wildman–Crippen LogP) is 4.14. The Morgan fingerprint density at radius 3 is 2.79 bits per heavy atom. The summed E-state index contributed by atoms with van der Waals surface area (Å²) in [5.74, 6) is -1.55. The summed E-state index contributed by atoms with van der Waals surface area (Å²) in [6.45, 7) is 1.90. The third-order valence-corrected chi connectivity index (χ3v) is 4.25. The van der Waals surface area contributed by atoms with E-state index >= 15 is 0 Å². The molecule has 1 N–H and O–H groups in total. The van der Waals surface area contributed by atoms with E-state index in [0.717, 1.165) is 27.9 Å². The van der Waals surface area contributed by atoms with E-state index in [1.54, 1.807) is 6.20 Å². The first-order valence-corrected chi connectivity index (χ1v) is 6.91. The molecule has 2 aromatic rings. The van der Waals surface area contributed by atoms with Crippen LogP contribution in [-0.2, 0) is 0 Å². The number of benzene rings is 1. The van der Waals surface area contributed by atoms with Gasteiger partial charge in [0.15, 0.2) is 0 Å². The van der Waals surface area contributed by atoms with Gasteiger partial charge in [-0.3, -0.25) is 0 Å². The van der Waals surface area contributed by atoms with Crippen molar-refractivity contribution in [3.05, 3.63) is 51.9 Å². The van der Waals surface area contributed by atoms with E-state index in [9.17, 15) is 9.18 Å². The fraction of sp³-hybridized carbons (Fsp3) is 0.0769. The van der Waals surface area contributed by atoms with Gasteiger partial charge in [0, 0.05) is 6.20 Å².